The number of benzene rings is 1. The highest BCUT2D eigenvalue weighted by Crippen LogP contribution is 2.09. The standard InChI is InChI=1S/C15H20FN3/c1-12(2)18-10-14-9-17-11-19(14)8-7-13-5-3-4-6-15(13)16/h3-6,9,11-12,18H,7-8,10H2,1-2H3. The molecule has 19 heavy (non-hydrogen) atoms. The van der Waals surface area contributed by atoms with Gasteiger partial charge in [0, 0.05) is 25.3 Å². The Hall–Kier alpha value is -1.68. The summed E-state index contributed by atoms with van der Waals surface area (Å²) in [5.41, 5.74) is 1.88. The molecule has 4 heteroatoms. The molecule has 0 saturated carbocycles. The van der Waals surface area contributed by atoms with Crippen LogP contribution >= 0.6 is 0 Å². The van der Waals surface area contributed by atoms with Crippen molar-refractivity contribution in [3.05, 3.63) is 53.9 Å². The second-order valence-electron chi connectivity index (χ2n) is 4.96. The lowest BCUT2D eigenvalue weighted by Crippen LogP contribution is -2.23. The molecule has 0 spiro atoms. The zero-order chi connectivity index (χ0) is 13.7. The highest BCUT2D eigenvalue weighted by Gasteiger charge is 2.05. The molecular formula is C15H20FN3. The fourth-order valence-corrected chi connectivity index (χ4v) is 1.95. The lowest BCUT2D eigenvalue weighted by atomic mass is 10.1. The van der Waals surface area contributed by atoms with Crippen molar-refractivity contribution in [2.45, 2.75) is 39.4 Å². The molecule has 102 valence electrons. The third-order valence-electron chi connectivity index (χ3n) is 3.07. The smallest absolute Gasteiger partial charge is 0.126 e. The van der Waals surface area contributed by atoms with Crippen molar-refractivity contribution in [2.24, 2.45) is 0 Å². The number of nitrogens with one attached hydrogen (secondary N) is 1. The van der Waals surface area contributed by atoms with Gasteiger partial charge in [-0.15, -0.1) is 0 Å². The van der Waals surface area contributed by atoms with Gasteiger partial charge in [-0.1, -0.05) is 32.0 Å². The minimum Gasteiger partial charge on any atom is -0.333 e. The van der Waals surface area contributed by atoms with Gasteiger partial charge in [0.1, 0.15) is 5.82 Å². The number of rotatable bonds is 6. The molecule has 1 aromatic heterocycles. The summed E-state index contributed by atoms with van der Waals surface area (Å²) in [5, 5.41) is 3.36. The summed E-state index contributed by atoms with van der Waals surface area (Å²) in [6.45, 7) is 5.76. The zero-order valence-electron chi connectivity index (χ0n) is 11.4. The maximum absolute atomic E-state index is 13.5. The Bertz CT molecular complexity index is 520. The molecule has 0 aliphatic heterocycles. The Kier molecular flexibility index (Phi) is 4.68. The molecule has 2 rings (SSSR count). The number of imidazole rings is 1. The Balaban J connectivity index is 1.96. The minimum atomic E-state index is -0.135. The first-order valence-electron chi connectivity index (χ1n) is 6.62. The van der Waals surface area contributed by atoms with E-state index >= 15 is 0 Å². The number of aromatic nitrogens is 2. The molecule has 0 unspecified atom stereocenters. The Morgan fingerprint density at radius 2 is 2.11 bits per heavy atom. The van der Waals surface area contributed by atoms with E-state index in [1.165, 1.54) is 6.07 Å². The summed E-state index contributed by atoms with van der Waals surface area (Å²) in [7, 11) is 0. The van der Waals surface area contributed by atoms with E-state index in [0.717, 1.165) is 24.3 Å². The zero-order valence-corrected chi connectivity index (χ0v) is 11.4. The average molecular weight is 261 g/mol. The van der Waals surface area contributed by atoms with Gasteiger partial charge in [0.15, 0.2) is 0 Å². The predicted octanol–water partition coefficient (Wildman–Crippen LogP) is 2.76. The largest absolute Gasteiger partial charge is 0.333 e. The fraction of sp³-hybridized carbons (Fsp3) is 0.400. The topological polar surface area (TPSA) is 29.9 Å². The first kappa shape index (κ1) is 13.7. The van der Waals surface area contributed by atoms with Gasteiger partial charge in [-0.25, -0.2) is 9.37 Å². The molecule has 0 bridgehead atoms. The van der Waals surface area contributed by atoms with Crippen molar-refractivity contribution in [1.29, 1.82) is 0 Å². The molecule has 0 aliphatic rings. The van der Waals surface area contributed by atoms with E-state index in [9.17, 15) is 4.39 Å². The summed E-state index contributed by atoms with van der Waals surface area (Å²) < 4.78 is 15.6. The SMILES string of the molecule is CC(C)NCc1cncn1CCc1ccccc1F. The molecule has 0 fully saturated rings. The lowest BCUT2D eigenvalue weighted by Gasteiger charge is -2.11. The molecular weight excluding hydrogens is 241 g/mol. The van der Waals surface area contributed by atoms with E-state index in [1.54, 1.807) is 12.4 Å². The number of aryl methyl sites for hydroxylation is 2. The van der Waals surface area contributed by atoms with Crippen molar-refractivity contribution in [2.75, 3.05) is 0 Å². The number of halogens is 1. The third-order valence-corrected chi connectivity index (χ3v) is 3.07. The van der Waals surface area contributed by atoms with Crippen molar-refractivity contribution in [1.82, 2.24) is 14.9 Å². The Morgan fingerprint density at radius 1 is 1.32 bits per heavy atom. The minimum absolute atomic E-state index is 0.135. The highest BCUT2D eigenvalue weighted by molar-refractivity contribution is 5.17. The van der Waals surface area contributed by atoms with E-state index in [4.69, 9.17) is 0 Å². The van der Waals surface area contributed by atoms with Gasteiger partial charge in [0.05, 0.1) is 12.0 Å². The molecule has 1 heterocycles. The third kappa shape index (κ3) is 3.89. The van der Waals surface area contributed by atoms with Gasteiger partial charge >= 0.3 is 0 Å². The molecule has 0 aliphatic carbocycles. The summed E-state index contributed by atoms with van der Waals surface area (Å²) in [5.74, 6) is -0.135. The van der Waals surface area contributed by atoms with Gasteiger partial charge in [0.25, 0.3) is 0 Å². The van der Waals surface area contributed by atoms with Crippen molar-refractivity contribution in [3.8, 4) is 0 Å². The van der Waals surface area contributed by atoms with E-state index in [2.05, 4.69) is 28.7 Å². The van der Waals surface area contributed by atoms with E-state index < -0.39 is 0 Å². The van der Waals surface area contributed by atoms with E-state index in [1.807, 2.05) is 18.3 Å². The van der Waals surface area contributed by atoms with Crippen LogP contribution in [0.5, 0.6) is 0 Å². The van der Waals surface area contributed by atoms with Crippen molar-refractivity contribution < 1.29 is 4.39 Å². The van der Waals surface area contributed by atoms with Crippen LogP contribution in [0.2, 0.25) is 0 Å². The fourth-order valence-electron chi connectivity index (χ4n) is 1.95. The number of hydrogen-bond acceptors (Lipinski definition) is 2. The summed E-state index contributed by atoms with van der Waals surface area (Å²) >= 11 is 0. The van der Waals surface area contributed by atoms with Crippen LogP contribution in [-0.4, -0.2) is 15.6 Å². The highest BCUT2D eigenvalue weighted by atomic mass is 19.1. The molecule has 2 aromatic rings. The van der Waals surface area contributed by atoms with Crippen LogP contribution in [0.25, 0.3) is 0 Å². The van der Waals surface area contributed by atoms with E-state index in [0.29, 0.717) is 12.5 Å². The van der Waals surface area contributed by atoms with Crippen LogP contribution in [0.1, 0.15) is 25.1 Å². The average Bonchev–Trinajstić information content (AvgIpc) is 2.83. The first-order valence-corrected chi connectivity index (χ1v) is 6.62. The van der Waals surface area contributed by atoms with Crippen LogP contribution in [0.15, 0.2) is 36.8 Å². The summed E-state index contributed by atoms with van der Waals surface area (Å²) in [4.78, 5) is 4.16. The molecule has 0 atom stereocenters. The number of hydrogen-bond donors (Lipinski definition) is 1. The summed E-state index contributed by atoms with van der Waals surface area (Å²) in [6.07, 6.45) is 4.34. The first-order chi connectivity index (χ1) is 9.16. The summed E-state index contributed by atoms with van der Waals surface area (Å²) in [6, 6.07) is 7.36. The maximum atomic E-state index is 13.5. The van der Waals surface area contributed by atoms with Gasteiger partial charge in [0.2, 0.25) is 0 Å². The Labute approximate surface area is 113 Å². The normalized spacial score (nSPS) is 11.2. The van der Waals surface area contributed by atoms with Crippen LogP contribution in [-0.2, 0) is 19.5 Å². The molecule has 3 nitrogen and oxygen atoms in total. The molecule has 0 saturated heterocycles. The monoisotopic (exact) mass is 261 g/mol. The van der Waals surface area contributed by atoms with Gasteiger partial charge in [-0.3, -0.25) is 0 Å². The van der Waals surface area contributed by atoms with Crippen LogP contribution in [0, 0.1) is 5.82 Å². The molecule has 0 amide bonds. The predicted molar refractivity (Wildman–Crippen MR) is 74.3 cm³/mol. The quantitative estimate of drug-likeness (QED) is 0.866. The van der Waals surface area contributed by atoms with Gasteiger partial charge < -0.3 is 9.88 Å². The molecule has 0 radical (unpaired) electrons. The van der Waals surface area contributed by atoms with Gasteiger partial charge in [-0.05, 0) is 18.1 Å². The second kappa shape index (κ2) is 6.48. The van der Waals surface area contributed by atoms with Crippen LogP contribution in [0.4, 0.5) is 4.39 Å². The van der Waals surface area contributed by atoms with Crippen LogP contribution in [0.3, 0.4) is 0 Å². The second-order valence-corrected chi connectivity index (χ2v) is 4.96. The van der Waals surface area contributed by atoms with Gasteiger partial charge in [-0.2, -0.15) is 0 Å². The number of nitrogens with zero attached hydrogens (tertiary/aromatic N) is 2. The van der Waals surface area contributed by atoms with Crippen LogP contribution < -0.4 is 5.32 Å². The molecule has 1 N–H and O–H groups in total. The van der Waals surface area contributed by atoms with Crippen molar-refractivity contribution >= 4 is 0 Å². The molecule has 1 aromatic carbocycles. The Morgan fingerprint density at radius 3 is 2.84 bits per heavy atom. The maximum Gasteiger partial charge on any atom is 0.126 e. The van der Waals surface area contributed by atoms with Crippen molar-refractivity contribution in [3.63, 3.8) is 0 Å². The lowest BCUT2D eigenvalue weighted by molar-refractivity contribution is 0.548. The van der Waals surface area contributed by atoms with E-state index in [-0.39, 0.29) is 5.82 Å².